The number of aromatic nitrogens is 4. The van der Waals surface area contributed by atoms with Crippen LogP contribution in [-0.2, 0) is 16.6 Å². The Balaban J connectivity index is 1.79. The molecule has 0 saturated carbocycles. The molecule has 0 aliphatic carbocycles. The first-order chi connectivity index (χ1) is 11.8. The summed E-state index contributed by atoms with van der Waals surface area (Å²) in [6, 6.07) is 1.87. The fourth-order valence-corrected chi connectivity index (χ4v) is 4.16. The fraction of sp³-hybridized carbons (Fsp3) is 0.588. The summed E-state index contributed by atoms with van der Waals surface area (Å²) in [5.41, 5.74) is 0.805. The normalized spacial score (nSPS) is 19.4. The molecular weight excluding hydrogens is 338 g/mol. The van der Waals surface area contributed by atoms with E-state index in [1.807, 2.05) is 12.3 Å². The predicted octanol–water partition coefficient (Wildman–Crippen LogP) is 2.14. The third-order valence-corrected chi connectivity index (χ3v) is 5.81. The van der Waals surface area contributed by atoms with E-state index in [2.05, 4.69) is 33.4 Å². The van der Waals surface area contributed by atoms with Gasteiger partial charge in [0.2, 0.25) is 10.0 Å². The van der Waals surface area contributed by atoms with Gasteiger partial charge >= 0.3 is 0 Å². The highest BCUT2D eigenvalue weighted by Gasteiger charge is 2.26. The van der Waals surface area contributed by atoms with Crippen LogP contribution < -0.4 is 0 Å². The van der Waals surface area contributed by atoms with Crippen molar-refractivity contribution in [1.82, 2.24) is 23.8 Å². The van der Waals surface area contributed by atoms with Crippen molar-refractivity contribution < 1.29 is 8.42 Å². The summed E-state index contributed by atoms with van der Waals surface area (Å²) in [5, 5.41) is 0. The molecule has 3 rings (SSSR count). The van der Waals surface area contributed by atoms with Crippen LogP contribution in [0.2, 0.25) is 0 Å². The Morgan fingerprint density at radius 3 is 2.80 bits per heavy atom. The van der Waals surface area contributed by atoms with Gasteiger partial charge in [-0.15, -0.1) is 0 Å². The van der Waals surface area contributed by atoms with E-state index in [1.165, 1.54) is 6.26 Å². The average Bonchev–Trinajstić information content (AvgIpc) is 3.02. The second-order valence-corrected chi connectivity index (χ2v) is 8.97. The molecule has 0 aromatic carbocycles. The zero-order chi connectivity index (χ0) is 18.0. The van der Waals surface area contributed by atoms with Crippen molar-refractivity contribution >= 4 is 10.0 Å². The van der Waals surface area contributed by atoms with Gasteiger partial charge in [-0.25, -0.2) is 27.7 Å². The Kier molecular flexibility index (Phi) is 5.19. The van der Waals surface area contributed by atoms with E-state index in [0.29, 0.717) is 13.1 Å². The topological polar surface area (TPSA) is 81.0 Å². The minimum Gasteiger partial charge on any atom is -0.329 e. The van der Waals surface area contributed by atoms with E-state index < -0.39 is 10.0 Å². The highest BCUT2D eigenvalue weighted by Crippen LogP contribution is 2.23. The molecule has 1 aliphatic rings. The molecule has 1 atom stereocenters. The van der Waals surface area contributed by atoms with Crippen LogP contribution in [0.15, 0.2) is 24.7 Å². The van der Waals surface area contributed by atoms with Gasteiger partial charge in [0.15, 0.2) is 5.82 Å². The van der Waals surface area contributed by atoms with E-state index in [9.17, 15) is 8.42 Å². The van der Waals surface area contributed by atoms with Crippen LogP contribution in [0.3, 0.4) is 0 Å². The number of hydrogen-bond donors (Lipinski definition) is 0. The summed E-state index contributed by atoms with van der Waals surface area (Å²) in [6.07, 6.45) is 8.67. The SMILES string of the molecule is CC(C)c1nccc(-c2nccn2C[C@@H]2CCCN(S(C)(=O)=O)C2)n1. The Morgan fingerprint density at radius 2 is 2.08 bits per heavy atom. The van der Waals surface area contributed by atoms with E-state index in [0.717, 1.165) is 36.7 Å². The number of piperidine rings is 1. The largest absolute Gasteiger partial charge is 0.329 e. The van der Waals surface area contributed by atoms with E-state index in [4.69, 9.17) is 0 Å². The third kappa shape index (κ3) is 4.24. The molecule has 0 spiro atoms. The first-order valence-corrected chi connectivity index (χ1v) is 10.5. The number of imidazole rings is 1. The monoisotopic (exact) mass is 363 g/mol. The van der Waals surface area contributed by atoms with E-state index >= 15 is 0 Å². The molecule has 136 valence electrons. The van der Waals surface area contributed by atoms with Gasteiger partial charge in [-0.05, 0) is 24.8 Å². The van der Waals surface area contributed by atoms with Crippen LogP contribution in [-0.4, -0.2) is 51.6 Å². The fourth-order valence-electron chi connectivity index (χ4n) is 3.22. The van der Waals surface area contributed by atoms with Crippen molar-refractivity contribution in [3.05, 3.63) is 30.5 Å². The molecule has 1 fully saturated rings. The Hall–Kier alpha value is -1.80. The van der Waals surface area contributed by atoms with Gasteiger partial charge in [-0.1, -0.05) is 13.8 Å². The molecular formula is C17H25N5O2S. The number of hydrogen-bond acceptors (Lipinski definition) is 5. The zero-order valence-corrected chi connectivity index (χ0v) is 15.8. The molecule has 1 saturated heterocycles. The zero-order valence-electron chi connectivity index (χ0n) is 15.0. The summed E-state index contributed by atoms with van der Waals surface area (Å²) in [6.45, 7) is 6.05. The van der Waals surface area contributed by atoms with E-state index in [1.54, 1.807) is 16.7 Å². The maximum absolute atomic E-state index is 11.8. The van der Waals surface area contributed by atoms with Crippen LogP contribution in [0.5, 0.6) is 0 Å². The molecule has 2 aromatic rings. The van der Waals surface area contributed by atoms with Gasteiger partial charge in [-0.2, -0.15) is 0 Å². The van der Waals surface area contributed by atoms with Crippen LogP contribution >= 0.6 is 0 Å². The summed E-state index contributed by atoms with van der Waals surface area (Å²) in [4.78, 5) is 13.4. The van der Waals surface area contributed by atoms with Crippen LogP contribution in [0.4, 0.5) is 0 Å². The molecule has 25 heavy (non-hydrogen) atoms. The second kappa shape index (κ2) is 7.21. The maximum atomic E-state index is 11.8. The number of nitrogens with zero attached hydrogens (tertiary/aromatic N) is 5. The van der Waals surface area contributed by atoms with Crippen molar-refractivity contribution in [2.75, 3.05) is 19.3 Å². The Labute approximate surface area is 149 Å². The highest BCUT2D eigenvalue weighted by atomic mass is 32.2. The molecule has 0 unspecified atom stereocenters. The third-order valence-electron chi connectivity index (χ3n) is 4.54. The maximum Gasteiger partial charge on any atom is 0.211 e. The minimum absolute atomic E-state index is 0.255. The molecule has 0 amide bonds. The molecule has 1 aliphatic heterocycles. The summed E-state index contributed by atoms with van der Waals surface area (Å²) in [5.74, 6) is 2.14. The molecule has 3 heterocycles. The van der Waals surface area contributed by atoms with Crippen LogP contribution in [0.1, 0.15) is 38.4 Å². The van der Waals surface area contributed by atoms with Gasteiger partial charge < -0.3 is 4.57 Å². The molecule has 7 nitrogen and oxygen atoms in total. The standard InChI is InChI=1S/C17H25N5O2S/c1-13(2)16-18-7-6-15(20-16)17-19-8-10-21(17)11-14-5-4-9-22(12-14)25(3,23)24/h6-8,10,13-14H,4-5,9,11-12H2,1-3H3/t14-/m0/s1. The van der Waals surface area contributed by atoms with Gasteiger partial charge in [0, 0.05) is 44.1 Å². The lowest BCUT2D eigenvalue weighted by Gasteiger charge is -2.31. The second-order valence-electron chi connectivity index (χ2n) is 6.99. The first-order valence-electron chi connectivity index (χ1n) is 8.64. The number of rotatable bonds is 5. The predicted molar refractivity (Wildman–Crippen MR) is 96.5 cm³/mol. The van der Waals surface area contributed by atoms with Crippen molar-refractivity contribution in [2.24, 2.45) is 5.92 Å². The van der Waals surface area contributed by atoms with Crippen molar-refractivity contribution in [1.29, 1.82) is 0 Å². The lowest BCUT2D eigenvalue weighted by atomic mass is 9.99. The molecule has 0 bridgehead atoms. The number of sulfonamides is 1. The van der Waals surface area contributed by atoms with Gasteiger partial charge in [0.05, 0.1) is 6.26 Å². The average molecular weight is 363 g/mol. The lowest BCUT2D eigenvalue weighted by molar-refractivity contribution is 0.247. The summed E-state index contributed by atoms with van der Waals surface area (Å²) in [7, 11) is -3.13. The Morgan fingerprint density at radius 1 is 1.28 bits per heavy atom. The van der Waals surface area contributed by atoms with E-state index in [-0.39, 0.29) is 11.8 Å². The van der Waals surface area contributed by atoms with Crippen LogP contribution in [0, 0.1) is 5.92 Å². The van der Waals surface area contributed by atoms with Gasteiger partial charge in [0.1, 0.15) is 11.5 Å². The summed E-state index contributed by atoms with van der Waals surface area (Å²) < 4.78 is 27.3. The van der Waals surface area contributed by atoms with Crippen molar-refractivity contribution in [3.8, 4) is 11.5 Å². The smallest absolute Gasteiger partial charge is 0.211 e. The molecule has 8 heteroatoms. The molecule has 2 aromatic heterocycles. The highest BCUT2D eigenvalue weighted by molar-refractivity contribution is 7.88. The Bertz CT molecular complexity index is 831. The van der Waals surface area contributed by atoms with Crippen molar-refractivity contribution in [3.63, 3.8) is 0 Å². The molecule has 0 radical (unpaired) electrons. The summed E-state index contributed by atoms with van der Waals surface area (Å²) >= 11 is 0. The molecule has 0 N–H and O–H groups in total. The van der Waals surface area contributed by atoms with Crippen molar-refractivity contribution in [2.45, 2.75) is 39.2 Å². The lowest BCUT2D eigenvalue weighted by Crippen LogP contribution is -2.40. The van der Waals surface area contributed by atoms with Gasteiger partial charge in [-0.3, -0.25) is 0 Å². The minimum atomic E-state index is -3.13. The quantitative estimate of drug-likeness (QED) is 0.813. The van der Waals surface area contributed by atoms with Gasteiger partial charge in [0.25, 0.3) is 0 Å². The van der Waals surface area contributed by atoms with Crippen LogP contribution in [0.25, 0.3) is 11.5 Å². The first kappa shape index (κ1) is 18.0.